The highest BCUT2D eigenvalue weighted by Crippen LogP contribution is 2.19. The van der Waals surface area contributed by atoms with Gasteiger partial charge in [0.05, 0.1) is 12.2 Å². The molecular formula is C18H18N4OS. The fourth-order valence-corrected chi connectivity index (χ4v) is 3.06. The lowest BCUT2D eigenvalue weighted by atomic mass is 10.1. The molecular weight excluding hydrogens is 320 g/mol. The van der Waals surface area contributed by atoms with Gasteiger partial charge in [-0.15, -0.1) is 11.3 Å². The maximum Gasteiger partial charge on any atom is 0.244 e. The highest BCUT2D eigenvalue weighted by Gasteiger charge is 2.15. The van der Waals surface area contributed by atoms with Gasteiger partial charge in [0.15, 0.2) is 5.82 Å². The zero-order chi connectivity index (χ0) is 16.9. The van der Waals surface area contributed by atoms with Crippen LogP contribution in [0.15, 0.2) is 54.2 Å². The van der Waals surface area contributed by atoms with Crippen molar-refractivity contribution in [3.63, 3.8) is 0 Å². The predicted octanol–water partition coefficient (Wildman–Crippen LogP) is 3.53. The molecule has 0 aliphatic rings. The number of carbonyl (C=O) groups excluding carboxylic acids is 1. The second-order valence-corrected chi connectivity index (χ2v) is 6.34. The Morgan fingerprint density at radius 3 is 2.92 bits per heavy atom. The molecule has 3 aromatic heterocycles. The minimum absolute atomic E-state index is 0.124. The number of nitrogens with one attached hydrogen (secondary N) is 1. The number of hydrogen-bond acceptors (Lipinski definition) is 4. The van der Waals surface area contributed by atoms with Crippen molar-refractivity contribution in [2.45, 2.75) is 19.9 Å². The molecule has 3 rings (SSSR count). The molecule has 3 aromatic rings. The molecule has 0 fully saturated rings. The Balaban J connectivity index is 1.70. The average Bonchev–Trinajstić information content (AvgIpc) is 3.23. The Bertz CT molecular complexity index is 837. The van der Waals surface area contributed by atoms with Crippen molar-refractivity contribution >= 4 is 23.3 Å². The SMILES string of the molecule is Cc1c(C(C)NC(=O)C=Cc2cccs2)cnn1-c1ccccn1. The van der Waals surface area contributed by atoms with E-state index in [0.29, 0.717) is 0 Å². The van der Waals surface area contributed by atoms with Crippen LogP contribution in [0.25, 0.3) is 11.9 Å². The molecule has 1 unspecified atom stereocenters. The second kappa shape index (κ2) is 7.23. The summed E-state index contributed by atoms with van der Waals surface area (Å²) in [5, 5.41) is 9.34. The van der Waals surface area contributed by atoms with E-state index < -0.39 is 0 Å². The fraction of sp³-hybridized carbons (Fsp3) is 0.167. The maximum atomic E-state index is 12.1. The summed E-state index contributed by atoms with van der Waals surface area (Å²) in [7, 11) is 0. The van der Waals surface area contributed by atoms with Gasteiger partial charge in [0.25, 0.3) is 0 Å². The first kappa shape index (κ1) is 16.1. The van der Waals surface area contributed by atoms with Gasteiger partial charge in [-0.05, 0) is 43.5 Å². The molecule has 0 spiro atoms. The third-order valence-corrected chi connectivity index (χ3v) is 4.52. The van der Waals surface area contributed by atoms with Crippen LogP contribution in [-0.4, -0.2) is 20.7 Å². The third kappa shape index (κ3) is 3.60. The Morgan fingerprint density at radius 2 is 2.21 bits per heavy atom. The average molecular weight is 338 g/mol. The molecule has 3 heterocycles. The van der Waals surface area contributed by atoms with Crippen LogP contribution in [0, 0.1) is 6.92 Å². The second-order valence-electron chi connectivity index (χ2n) is 5.36. The summed E-state index contributed by atoms with van der Waals surface area (Å²) < 4.78 is 1.78. The van der Waals surface area contributed by atoms with Gasteiger partial charge in [-0.25, -0.2) is 9.67 Å². The van der Waals surface area contributed by atoms with Crippen LogP contribution in [0.2, 0.25) is 0 Å². The molecule has 0 radical (unpaired) electrons. The van der Waals surface area contributed by atoms with Crippen LogP contribution in [0.5, 0.6) is 0 Å². The number of rotatable bonds is 5. The van der Waals surface area contributed by atoms with Crippen LogP contribution in [-0.2, 0) is 4.79 Å². The molecule has 0 aliphatic carbocycles. The van der Waals surface area contributed by atoms with Crippen molar-refractivity contribution in [3.8, 4) is 5.82 Å². The van der Waals surface area contributed by atoms with Crippen molar-refractivity contribution in [2.24, 2.45) is 0 Å². The van der Waals surface area contributed by atoms with Crippen molar-refractivity contribution in [1.82, 2.24) is 20.1 Å². The maximum absolute atomic E-state index is 12.1. The predicted molar refractivity (Wildman–Crippen MR) is 96.0 cm³/mol. The highest BCUT2D eigenvalue weighted by atomic mass is 32.1. The smallest absolute Gasteiger partial charge is 0.244 e. The van der Waals surface area contributed by atoms with Crippen molar-refractivity contribution in [2.75, 3.05) is 0 Å². The zero-order valence-corrected chi connectivity index (χ0v) is 14.3. The largest absolute Gasteiger partial charge is 0.346 e. The van der Waals surface area contributed by atoms with E-state index in [-0.39, 0.29) is 11.9 Å². The van der Waals surface area contributed by atoms with Gasteiger partial charge in [0.2, 0.25) is 5.91 Å². The van der Waals surface area contributed by atoms with Crippen molar-refractivity contribution in [3.05, 3.63) is 70.3 Å². The number of hydrogen-bond donors (Lipinski definition) is 1. The molecule has 24 heavy (non-hydrogen) atoms. The van der Waals surface area contributed by atoms with E-state index in [1.54, 1.807) is 34.5 Å². The number of pyridine rings is 1. The number of aromatic nitrogens is 3. The van der Waals surface area contributed by atoms with E-state index in [2.05, 4.69) is 15.4 Å². The quantitative estimate of drug-likeness (QED) is 0.724. The van der Waals surface area contributed by atoms with E-state index >= 15 is 0 Å². The number of amides is 1. The molecule has 0 saturated heterocycles. The summed E-state index contributed by atoms with van der Waals surface area (Å²) in [4.78, 5) is 17.4. The van der Waals surface area contributed by atoms with E-state index in [1.165, 1.54) is 0 Å². The molecule has 1 atom stereocenters. The molecule has 0 aromatic carbocycles. The fourth-order valence-electron chi connectivity index (χ4n) is 2.44. The van der Waals surface area contributed by atoms with Gasteiger partial charge in [0.1, 0.15) is 0 Å². The van der Waals surface area contributed by atoms with Crippen LogP contribution in [0.4, 0.5) is 0 Å². The molecule has 0 saturated carbocycles. The van der Waals surface area contributed by atoms with Crippen molar-refractivity contribution in [1.29, 1.82) is 0 Å². The lowest BCUT2D eigenvalue weighted by Gasteiger charge is -2.12. The minimum atomic E-state index is -0.136. The molecule has 122 valence electrons. The standard InChI is InChI=1S/C18H18N4OS/c1-13(21-18(23)9-8-15-6-5-11-24-15)16-12-20-22(14(16)2)17-7-3-4-10-19-17/h3-13H,1-2H3,(H,21,23). The van der Waals surface area contributed by atoms with E-state index in [1.807, 2.05) is 55.6 Å². The zero-order valence-electron chi connectivity index (χ0n) is 13.5. The Hall–Kier alpha value is -2.73. The lowest BCUT2D eigenvalue weighted by Crippen LogP contribution is -2.25. The summed E-state index contributed by atoms with van der Waals surface area (Å²) in [5.74, 6) is 0.637. The number of carbonyl (C=O) groups is 1. The topological polar surface area (TPSA) is 59.8 Å². The van der Waals surface area contributed by atoms with Gasteiger partial charge in [-0.1, -0.05) is 12.1 Å². The van der Waals surface area contributed by atoms with Crippen LogP contribution in [0.3, 0.4) is 0 Å². The summed E-state index contributed by atoms with van der Waals surface area (Å²) in [6.07, 6.45) is 6.88. The highest BCUT2D eigenvalue weighted by molar-refractivity contribution is 7.10. The van der Waals surface area contributed by atoms with E-state index in [9.17, 15) is 4.79 Å². The Morgan fingerprint density at radius 1 is 1.33 bits per heavy atom. The van der Waals surface area contributed by atoms with Gasteiger partial charge in [0, 0.05) is 28.4 Å². The number of nitrogens with zero attached hydrogens (tertiary/aromatic N) is 3. The first-order valence-corrected chi connectivity index (χ1v) is 8.51. The van der Waals surface area contributed by atoms with Gasteiger partial charge in [-0.2, -0.15) is 5.10 Å². The van der Waals surface area contributed by atoms with E-state index in [0.717, 1.165) is 22.0 Å². The molecule has 1 N–H and O–H groups in total. The molecule has 1 amide bonds. The molecule has 0 aliphatic heterocycles. The van der Waals surface area contributed by atoms with Crippen LogP contribution >= 0.6 is 11.3 Å². The van der Waals surface area contributed by atoms with Gasteiger partial charge >= 0.3 is 0 Å². The van der Waals surface area contributed by atoms with Crippen LogP contribution in [0.1, 0.15) is 29.1 Å². The lowest BCUT2D eigenvalue weighted by molar-refractivity contribution is -0.117. The normalized spacial score (nSPS) is 12.4. The summed E-state index contributed by atoms with van der Waals surface area (Å²) in [5.41, 5.74) is 1.93. The van der Waals surface area contributed by atoms with Gasteiger partial charge in [-0.3, -0.25) is 4.79 Å². The molecule has 6 heteroatoms. The summed E-state index contributed by atoms with van der Waals surface area (Å²) >= 11 is 1.60. The minimum Gasteiger partial charge on any atom is -0.346 e. The van der Waals surface area contributed by atoms with Gasteiger partial charge < -0.3 is 5.32 Å². The Kier molecular flexibility index (Phi) is 4.86. The number of thiophene rings is 1. The third-order valence-electron chi connectivity index (χ3n) is 3.68. The Labute approximate surface area is 144 Å². The molecule has 5 nitrogen and oxygen atoms in total. The first-order valence-electron chi connectivity index (χ1n) is 7.63. The van der Waals surface area contributed by atoms with E-state index in [4.69, 9.17) is 0 Å². The summed E-state index contributed by atoms with van der Waals surface area (Å²) in [6.45, 7) is 3.92. The van der Waals surface area contributed by atoms with Crippen molar-refractivity contribution < 1.29 is 4.79 Å². The first-order chi connectivity index (χ1) is 11.6. The molecule has 0 bridgehead atoms. The monoisotopic (exact) mass is 338 g/mol. The summed E-state index contributed by atoms with van der Waals surface area (Å²) in [6, 6.07) is 9.48. The van der Waals surface area contributed by atoms with Crippen LogP contribution < -0.4 is 5.32 Å².